The molecule has 1 radical (unpaired) electrons. The third kappa shape index (κ3) is 2.61. The predicted molar refractivity (Wildman–Crippen MR) is 67.0 cm³/mol. The van der Waals surface area contributed by atoms with Crippen LogP contribution in [0.1, 0.15) is 27.7 Å². The quantitative estimate of drug-likeness (QED) is 0.686. The van der Waals surface area contributed by atoms with Gasteiger partial charge in [0.1, 0.15) is 0 Å². The Bertz CT molecular complexity index is 286. The highest BCUT2D eigenvalue weighted by Crippen LogP contribution is 2.22. The van der Waals surface area contributed by atoms with E-state index in [0.29, 0.717) is 0 Å². The van der Waals surface area contributed by atoms with Crippen molar-refractivity contribution in [1.82, 2.24) is 0 Å². The molecule has 77 valence electrons. The fourth-order valence-electron chi connectivity index (χ4n) is 1.98. The highest BCUT2D eigenvalue weighted by molar-refractivity contribution is 6.77. The number of halogens is 1. The van der Waals surface area contributed by atoms with Crippen molar-refractivity contribution in [2.24, 2.45) is 0 Å². The number of hydrogen-bond acceptors (Lipinski definition) is 0. The molecule has 0 aromatic heterocycles. The second kappa shape index (κ2) is 4.99. The number of hydrogen-bond donors (Lipinski definition) is 0. The summed E-state index contributed by atoms with van der Waals surface area (Å²) in [6, 6.07) is 8.30. The Morgan fingerprint density at radius 3 is 1.93 bits per heavy atom. The molecule has 0 unspecified atom stereocenters. The zero-order chi connectivity index (χ0) is 10.7. The molecule has 0 N–H and O–H groups in total. The monoisotopic (exact) mass is 225 g/mol. The van der Waals surface area contributed by atoms with Gasteiger partial charge in [-0.1, -0.05) is 57.5 Å². The molecule has 0 amide bonds. The summed E-state index contributed by atoms with van der Waals surface area (Å²) >= 11 is 6.23. The average molecular weight is 226 g/mol. The lowest BCUT2D eigenvalue weighted by Gasteiger charge is -2.23. The van der Waals surface area contributed by atoms with Gasteiger partial charge in [0.05, 0.1) is 8.80 Å². The van der Waals surface area contributed by atoms with Crippen molar-refractivity contribution in [1.29, 1.82) is 0 Å². The van der Waals surface area contributed by atoms with Crippen LogP contribution in [0.3, 0.4) is 0 Å². The lowest BCUT2D eigenvalue weighted by molar-refractivity contribution is 0.951. The third-order valence-corrected chi connectivity index (χ3v) is 6.46. The van der Waals surface area contributed by atoms with Gasteiger partial charge >= 0.3 is 0 Å². The Morgan fingerprint density at radius 2 is 1.50 bits per heavy atom. The van der Waals surface area contributed by atoms with Crippen LogP contribution in [0, 0.1) is 0 Å². The van der Waals surface area contributed by atoms with Crippen molar-refractivity contribution >= 4 is 25.6 Å². The molecule has 0 aliphatic carbocycles. The molecule has 0 atom stereocenters. The summed E-state index contributed by atoms with van der Waals surface area (Å²) < 4.78 is 0. The van der Waals surface area contributed by atoms with Crippen LogP contribution in [0.2, 0.25) is 16.1 Å². The Morgan fingerprint density at radius 1 is 1.00 bits per heavy atom. The van der Waals surface area contributed by atoms with E-state index < -0.39 is 8.80 Å². The van der Waals surface area contributed by atoms with E-state index in [9.17, 15) is 0 Å². The molecule has 0 spiro atoms. The van der Waals surface area contributed by atoms with Crippen molar-refractivity contribution in [2.75, 3.05) is 0 Å². The Kier molecular flexibility index (Phi) is 4.21. The van der Waals surface area contributed by atoms with E-state index in [0.717, 1.165) is 16.1 Å². The highest BCUT2D eigenvalue weighted by Gasteiger charge is 2.23. The maximum absolute atomic E-state index is 6.23. The topological polar surface area (TPSA) is 0 Å². The molecule has 1 aromatic carbocycles. The molecular weight excluding hydrogens is 208 g/mol. The Hall–Kier alpha value is -0.273. The second-order valence-corrected chi connectivity index (χ2v) is 8.41. The van der Waals surface area contributed by atoms with Gasteiger partial charge < -0.3 is 0 Å². The minimum Gasteiger partial charge on any atom is -0.0845 e. The van der Waals surface area contributed by atoms with Gasteiger partial charge in [-0.05, 0) is 22.3 Å². The molecule has 0 heterocycles. The van der Waals surface area contributed by atoms with Crippen molar-refractivity contribution in [3.8, 4) is 0 Å². The van der Waals surface area contributed by atoms with E-state index in [1.54, 1.807) is 0 Å². The highest BCUT2D eigenvalue weighted by atomic mass is 35.5. The molecule has 0 bridgehead atoms. The summed E-state index contributed by atoms with van der Waals surface area (Å²) in [4.78, 5) is 0. The van der Waals surface area contributed by atoms with Crippen molar-refractivity contribution in [3.05, 3.63) is 29.3 Å². The van der Waals surface area contributed by atoms with E-state index in [2.05, 4.69) is 39.8 Å². The van der Waals surface area contributed by atoms with Gasteiger partial charge in [-0.2, -0.15) is 0 Å². The second-order valence-electron chi connectivity index (χ2n) is 4.24. The van der Waals surface area contributed by atoms with Crippen molar-refractivity contribution < 1.29 is 0 Å². The molecular formula is C12H18ClSi. The van der Waals surface area contributed by atoms with Gasteiger partial charge in [0.15, 0.2) is 0 Å². The average Bonchev–Trinajstić information content (AvgIpc) is 2.07. The Labute approximate surface area is 93.9 Å². The molecule has 0 aliphatic heterocycles. The van der Waals surface area contributed by atoms with Crippen LogP contribution in [0.25, 0.3) is 0 Å². The summed E-state index contributed by atoms with van der Waals surface area (Å²) in [7, 11) is -0.518. The van der Waals surface area contributed by atoms with Gasteiger partial charge in [0.25, 0.3) is 0 Å². The normalized spacial score (nSPS) is 11.7. The first kappa shape index (κ1) is 11.8. The van der Waals surface area contributed by atoms with Crippen molar-refractivity contribution in [2.45, 2.75) is 38.8 Å². The molecule has 0 aliphatic rings. The van der Waals surface area contributed by atoms with Gasteiger partial charge in [-0.3, -0.25) is 0 Å². The van der Waals surface area contributed by atoms with Crippen LogP contribution in [0.5, 0.6) is 0 Å². The first-order valence-electron chi connectivity index (χ1n) is 5.15. The van der Waals surface area contributed by atoms with E-state index >= 15 is 0 Å². The van der Waals surface area contributed by atoms with Crippen LogP contribution < -0.4 is 5.19 Å². The minimum absolute atomic E-state index is 0.518. The van der Waals surface area contributed by atoms with Crippen LogP contribution in [-0.4, -0.2) is 8.80 Å². The molecule has 1 aromatic rings. The third-order valence-electron chi connectivity index (χ3n) is 2.43. The van der Waals surface area contributed by atoms with E-state index in [1.165, 1.54) is 5.19 Å². The van der Waals surface area contributed by atoms with E-state index in [4.69, 9.17) is 11.6 Å². The lowest BCUT2D eigenvalue weighted by atomic mass is 10.4. The summed E-state index contributed by atoms with van der Waals surface area (Å²) in [6.07, 6.45) is 0. The molecule has 2 heteroatoms. The number of benzene rings is 1. The summed E-state index contributed by atoms with van der Waals surface area (Å²) in [5, 5.41) is 2.34. The van der Waals surface area contributed by atoms with Gasteiger partial charge in [0.2, 0.25) is 0 Å². The lowest BCUT2D eigenvalue weighted by Crippen LogP contribution is -2.36. The molecule has 0 nitrogen and oxygen atoms in total. The first-order chi connectivity index (χ1) is 6.54. The first-order valence-corrected chi connectivity index (χ1v) is 7.19. The fraction of sp³-hybridized carbons (Fsp3) is 0.500. The van der Waals surface area contributed by atoms with Crippen molar-refractivity contribution in [3.63, 3.8) is 0 Å². The smallest absolute Gasteiger partial charge is 0.0845 e. The summed E-state index contributed by atoms with van der Waals surface area (Å²) in [5.41, 5.74) is 1.47. The maximum atomic E-state index is 6.23. The Balaban J connectivity index is 3.05. The maximum Gasteiger partial charge on any atom is 0.0930 e. The largest absolute Gasteiger partial charge is 0.0930 e. The van der Waals surface area contributed by atoms with Gasteiger partial charge in [-0.15, -0.1) is 0 Å². The van der Waals surface area contributed by atoms with E-state index in [1.807, 2.05) is 12.1 Å². The molecule has 0 fully saturated rings. The van der Waals surface area contributed by atoms with Crippen LogP contribution in [0.15, 0.2) is 24.3 Å². The van der Waals surface area contributed by atoms with Crippen LogP contribution in [0.4, 0.5) is 0 Å². The zero-order valence-corrected chi connectivity index (χ0v) is 11.1. The molecule has 0 saturated heterocycles. The zero-order valence-electron chi connectivity index (χ0n) is 9.34. The SMILES string of the molecule is CC(C)[Si](c1ccccc1Cl)C(C)C. The standard InChI is InChI=1S/C12H18ClSi/c1-9(2)14(10(3)4)12-8-6-5-7-11(12)13/h5-10H,1-4H3. The van der Waals surface area contributed by atoms with Crippen LogP contribution in [-0.2, 0) is 0 Å². The summed E-state index contributed by atoms with van der Waals surface area (Å²) in [5.74, 6) is 0. The fourth-order valence-corrected chi connectivity index (χ4v) is 5.67. The molecule has 14 heavy (non-hydrogen) atoms. The summed E-state index contributed by atoms with van der Waals surface area (Å²) in [6.45, 7) is 9.21. The molecule has 1 rings (SSSR count). The minimum atomic E-state index is -0.518. The predicted octanol–water partition coefficient (Wildman–Crippen LogP) is 3.86. The van der Waals surface area contributed by atoms with E-state index in [-0.39, 0.29) is 0 Å². The van der Waals surface area contributed by atoms with Gasteiger partial charge in [-0.25, -0.2) is 0 Å². The molecule has 0 saturated carbocycles. The van der Waals surface area contributed by atoms with Crippen LogP contribution >= 0.6 is 11.6 Å². The van der Waals surface area contributed by atoms with Gasteiger partial charge in [0, 0.05) is 5.02 Å². The number of rotatable bonds is 3.